The molecule has 1 unspecified atom stereocenters. The molecule has 0 radical (unpaired) electrons. The van der Waals surface area contributed by atoms with E-state index in [1.165, 1.54) is 4.31 Å². The first-order valence-corrected chi connectivity index (χ1v) is 11.0. The van der Waals surface area contributed by atoms with E-state index in [1.54, 1.807) is 24.3 Å². The number of unbranched alkanes of at least 4 members (excludes halogenated alkanes) is 2. The van der Waals surface area contributed by atoms with Crippen LogP contribution in [-0.2, 0) is 14.8 Å². The number of carboxylic acid groups (broad SMARTS) is 1. The van der Waals surface area contributed by atoms with Crippen molar-refractivity contribution < 1.29 is 23.1 Å². The Morgan fingerprint density at radius 1 is 1.29 bits per heavy atom. The van der Waals surface area contributed by atoms with Crippen molar-refractivity contribution in [3.8, 4) is 5.75 Å². The Kier molecular flexibility index (Phi) is 10.8. The molecular formula is C19H31ClN2O5S. The molecule has 0 bridgehead atoms. The van der Waals surface area contributed by atoms with E-state index < -0.39 is 16.0 Å². The molecule has 28 heavy (non-hydrogen) atoms. The number of halogens is 1. The van der Waals surface area contributed by atoms with Gasteiger partial charge in [-0.2, -0.15) is 4.31 Å². The van der Waals surface area contributed by atoms with E-state index in [1.807, 2.05) is 0 Å². The molecule has 0 aliphatic carbocycles. The van der Waals surface area contributed by atoms with Crippen LogP contribution >= 0.6 is 12.4 Å². The van der Waals surface area contributed by atoms with Crippen LogP contribution in [0.1, 0.15) is 39.0 Å². The van der Waals surface area contributed by atoms with Crippen LogP contribution in [0.5, 0.6) is 5.75 Å². The summed E-state index contributed by atoms with van der Waals surface area (Å²) in [5, 5.41) is 11.6. The van der Waals surface area contributed by atoms with Gasteiger partial charge >= 0.3 is 5.97 Å². The zero-order valence-electron chi connectivity index (χ0n) is 16.3. The molecule has 0 saturated carbocycles. The molecule has 1 aliphatic heterocycles. The number of carboxylic acids is 1. The van der Waals surface area contributed by atoms with E-state index in [0.717, 1.165) is 32.1 Å². The predicted octanol–water partition coefficient (Wildman–Crippen LogP) is 2.75. The summed E-state index contributed by atoms with van der Waals surface area (Å²) in [6.45, 7) is 4.06. The summed E-state index contributed by atoms with van der Waals surface area (Å²) in [4.78, 5) is 10.9. The van der Waals surface area contributed by atoms with Crippen molar-refractivity contribution in [2.24, 2.45) is 5.92 Å². The first-order valence-electron chi connectivity index (χ1n) is 9.59. The smallest absolute Gasteiger partial charge is 0.317 e. The van der Waals surface area contributed by atoms with E-state index in [4.69, 9.17) is 9.84 Å². The monoisotopic (exact) mass is 434 g/mol. The number of nitrogens with zero attached hydrogens (tertiary/aromatic N) is 1. The van der Waals surface area contributed by atoms with Gasteiger partial charge in [0.15, 0.2) is 0 Å². The minimum Gasteiger partial charge on any atom is -0.494 e. The summed E-state index contributed by atoms with van der Waals surface area (Å²) in [6.07, 6.45) is 4.90. The number of rotatable bonds is 11. The zero-order chi connectivity index (χ0) is 19.7. The summed E-state index contributed by atoms with van der Waals surface area (Å²) in [7, 11) is -3.55. The number of nitrogens with one attached hydrogen (secondary N) is 1. The standard InChI is InChI=1S/C19H30N2O5S.ClH/c1-2-3-4-12-26-17-7-9-18(10-8-17)27(24,25)21-11-5-6-16(15-21)13-20-14-19(22)23;/h7-10,16,20H,2-6,11-15H2,1H3,(H,22,23);1H. The van der Waals surface area contributed by atoms with Crippen LogP contribution in [0.2, 0.25) is 0 Å². The molecule has 1 aromatic carbocycles. The molecule has 160 valence electrons. The van der Waals surface area contributed by atoms with Crippen LogP contribution in [0, 0.1) is 5.92 Å². The molecule has 7 nitrogen and oxygen atoms in total. The summed E-state index contributed by atoms with van der Waals surface area (Å²) < 4.78 is 32.9. The highest BCUT2D eigenvalue weighted by molar-refractivity contribution is 7.89. The van der Waals surface area contributed by atoms with Gasteiger partial charge in [-0.05, 0) is 56.0 Å². The largest absolute Gasteiger partial charge is 0.494 e. The van der Waals surface area contributed by atoms with Gasteiger partial charge in [0.05, 0.1) is 18.0 Å². The number of hydrogen-bond acceptors (Lipinski definition) is 5. The van der Waals surface area contributed by atoms with Crippen molar-refractivity contribution in [1.29, 1.82) is 0 Å². The quantitative estimate of drug-likeness (QED) is 0.520. The average molecular weight is 435 g/mol. The third-order valence-electron chi connectivity index (χ3n) is 4.67. The van der Waals surface area contributed by atoms with Gasteiger partial charge in [-0.1, -0.05) is 19.8 Å². The maximum atomic E-state index is 12.9. The number of piperidine rings is 1. The van der Waals surface area contributed by atoms with Crippen LogP contribution in [0.4, 0.5) is 0 Å². The molecule has 1 aliphatic rings. The van der Waals surface area contributed by atoms with Gasteiger partial charge in [-0.15, -0.1) is 12.4 Å². The van der Waals surface area contributed by atoms with Gasteiger partial charge in [0.2, 0.25) is 10.0 Å². The lowest BCUT2D eigenvalue weighted by atomic mass is 10.00. The Labute approximate surface area is 173 Å². The van der Waals surface area contributed by atoms with E-state index in [-0.39, 0.29) is 29.8 Å². The number of sulfonamides is 1. The highest BCUT2D eigenvalue weighted by atomic mass is 35.5. The Balaban J connectivity index is 0.00000392. The van der Waals surface area contributed by atoms with Gasteiger partial charge in [0, 0.05) is 13.1 Å². The van der Waals surface area contributed by atoms with Crippen molar-refractivity contribution in [2.75, 3.05) is 32.8 Å². The van der Waals surface area contributed by atoms with E-state index in [0.29, 0.717) is 32.0 Å². The molecular weight excluding hydrogens is 404 g/mol. The fourth-order valence-electron chi connectivity index (χ4n) is 3.19. The van der Waals surface area contributed by atoms with Crippen molar-refractivity contribution in [3.63, 3.8) is 0 Å². The number of carbonyl (C=O) groups is 1. The summed E-state index contributed by atoms with van der Waals surface area (Å²) in [5.74, 6) is -0.110. The Bertz CT molecular complexity index is 697. The molecule has 0 spiro atoms. The molecule has 1 fully saturated rings. The minimum atomic E-state index is -3.55. The third kappa shape index (κ3) is 7.58. The van der Waals surface area contributed by atoms with Crippen LogP contribution in [0.25, 0.3) is 0 Å². The van der Waals surface area contributed by atoms with E-state index in [2.05, 4.69) is 12.2 Å². The van der Waals surface area contributed by atoms with Gasteiger partial charge < -0.3 is 15.2 Å². The van der Waals surface area contributed by atoms with Gasteiger partial charge in [0.1, 0.15) is 5.75 Å². The summed E-state index contributed by atoms with van der Waals surface area (Å²) >= 11 is 0. The van der Waals surface area contributed by atoms with Gasteiger partial charge in [-0.3, -0.25) is 4.79 Å². The topological polar surface area (TPSA) is 95.9 Å². The first-order chi connectivity index (χ1) is 12.9. The van der Waals surface area contributed by atoms with Crippen molar-refractivity contribution in [2.45, 2.75) is 43.9 Å². The SMILES string of the molecule is CCCCCOc1ccc(S(=O)(=O)N2CCCC(CNCC(=O)O)C2)cc1.Cl. The number of benzene rings is 1. The number of ether oxygens (including phenoxy) is 1. The number of hydrogen-bond donors (Lipinski definition) is 2. The minimum absolute atomic E-state index is 0. The van der Waals surface area contributed by atoms with Crippen molar-refractivity contribution >= 4 is 28.4 Å². The molecule has 0 aromatic heterocycles. The molecule has 1 saturated heterocycles. The van der Waals surface area contributed by atoms with E-state index in [9.17, 15) is 13.2 Å². The molecule has 1 atom stereocenters. The van der Waals surface area contributed by atoms with E-state index >= 15 is 0 Å². The predicted molar refractivity (Wildman–Crippen MR) is 111 cm³/mol. The molecule has 9 heteroatoms. The fourth-order valence-corrected chi connectivity index (χ4v) is 4.75. The Hall–Kier alpha value is -1.35. The molecule has 1 aromatic rings. The zero-order valence-corrected chi connectivity index (χ0v) is 17.9. The summed E-state index contributed by atoms with van der Waals surface area (Å²) in [5.41, 5.74) is 0. The second-order valence-corrected chi connectivity index (χ2v) is 8.86. The lowest BCUT2D eigenvalue weighted by Crippen LogP contribution is -2.43. The van der Waals surface area contributed by atoms with Crippen LogP contribution < -0.4 is 10.1 Å². The van der Waals surface area contributed by atoms with Crippen LogP contribution in [0.3, 0.4) is 0 Å². The Morgan fingerprint density at radius 3 is 2.64 bits per heavy atom. The van der Waals surface area contributed by atoms with Crippen molar-refractivity contribution in [1.82, 2.24) is 9.62 Å². The fraction of sp³-hybridized carbons (Fsp3) is 0.632. The summed E-state index contributed by atoms with van der Waals surface area (Å²) in [6, 6.07) is 6.59. The maximum absolute atomic E-state index is 12.9. The average Bonchev–Trinajstić information content (AvgIpc) is 2.66. The Morgan fingerprint density at radius 2 is 2.00 bits per heavy atom. The lowest BCUT2D eigenvalue weighted by molar-refractivity contribution is -0.136. The first kappa shape index (κ1) is 24.7. The number of aliphatic carboxylic acids is 1. The normalized spacial score (nSPS) is 17.7. The van der Waals surface area contributed by atoms with Gasteiger partial charge in [-0.25, -0.2) is 8.42 Å². The molecule has 0 amide bonds. The van der Waals surface area contributed by atoms with Crippen LogP contribution in [0.15, 0.2) is 29.2 Å². The molecule has 1 heterocycles. The second-order valence-electron chi connectivity index (χ2n) is 6.92. The molecule has 2 N–H and O–H groups in total. The second kappa shape index (κ2) is 12.3. The van der Waals surface area contributed by atoms with Gasteiger partial charge in [0.25, 0.3) is 0 Å². The van der Waals surface area contributed by atoms with Crippen molar-refractivity contribution in [3.05, 3.63) is 24.3 Å². The lowest BCUT2D eigenvalue weighted by Gasteiger charge is -2.32. The maximum Gasteiger partial charge on any atom is 0.317 e. The van der Waals surface area contributed by atoms with Crippen LogP contribution in [-0.4, -0.2) is 56.6 Å². The highest BCUT2D eigenvalue weighted by Gasteiger charge is 2.30. The third-order valence-corrected chi connectivity index (χ3v) is 6.55. The highest BCUT2D eigenvalue weighted by Crippen LogP contribution is 2.25. The molecule has 2 rings (SSSR count).